The molecule has 2 rings (SSSR count). The molecule has 0 spiro atoms. The van der Waals surface area contributed by atoms with Crippen molar-refractivity contribution in [2.75, 3.05) is 35.3 Å². The maximum atomic E-state index is 11.5. The van der Waals surface area contributed by atoms with E-state index in [1.54, 1.807) is 0 Å². The average molecular weight is 298 g/mol. The Morgan fingerprint density at radius 1 is 1.45 bits per heavy atom. The molecule has 1 atom stereocenters. The summed E-state index contributed by atoms with van der Waals surface area (Å²) in [6.07, 6.45) is 4.41. The van der Waals surface area contributed by atoms with Gasteiger partial charge in [-0.1, -0.05) is 13.3 Å². The molecule has 0 aromatic carbocycles. The summed E-state index contributed by atoms with van der Waals surface area (Å²) < 4.78 is 23.1. The summed E-state index contributed by atoms with van der Waals surface area (Å²) in [5, 5.41) is 3.25. The van der Waals surface area contributed by atoms with E-state index in [0.29, 0.717) is 6.42 Å². The van der Waals surface area contributed by atoms with Crippen LogP contribution in [-0.4, -0.2) is 49.5 Å². The Hall–Kier alpha value is -1.37. The molecule has 1 N–H and O–H groups in total. The molecule has 1 fully saturated rings. The Morgan fingerprint density at radius 2 is 2.25 bits per heavy atom. The summed E-state index contributed by atoms with van der Waals surface area (Å²) in [5.74, 6) is 2.04. The van der Waals surface area contributed by atoms with Gasteiger partial charge < -0.3 is 10.2 Å². The lowest BCUT2D eigenvalue weighted by molar-refractivity contribution is 0.600. The Morgan fingerprint density at radius 3 is 2.90 bits per heavy atom. The van der Waals surface area contributed by atoms with Gasteiger partial charge in [-0.3, -0.25) is 0 Å². The molecular formula is C13H22N4O2S. The SMILES string of the molecule is CCCCNc1cc(N(C)C2CCS(=O)(=O)C2)ncn1. The molecule has 20 heavy (non-hydrogen) atoms. The number of anilines is 2. The van der Waals surface area contributed by atoms with Gasteiger partial charge in [0, 0.05) is 25.7 Å². The van der Waals surface area contributed by atoms with Gasteiger partial charge in [-0.25, -0.2) is 18.4 Å². The van der Waals surface area contributed by atoms with E-state index in [0.717, 1.165) is 31.0 Å². The summed E-state index contributed by atoms with van der Waals surface area (Å²) in [7, 11) is -0.984. The quantitative estimate of drug-likeness (QED) is 0.798. The Labute approximate surface area is 120 Å². The Kier molecular flexibility index (Phi) is 4.80. The summed E-state index contributed by atoms with van der Waals surface area (Å²) in [5.41, 5.74) is 0. The highest BCUT2D eigenvalue weighted by Gasteiger charge is 2.31. The van der Waals surface area contributed by atoms with E-state index in [-0.39, 0.29) is 17.5 Å². The summed E-state index contributed by atoms with van der Waals surface area (Å²) in [4.78, 5) is 10.4. The van der Waals surface area contributed by atoms with Crippen LogP contribution in [0.25, 0.3) is 0 Å². The number of rotatable bonds is 6. The molecule has 0 amide bonds. The van der Waals surface area contributed by atoms with Gasteiger partial charge in [-0.05, 0) is 12.8 Å². The van der Waals surface area contributed by atoms with Crippen molar-refractivity contribution in [1.29, 1.82) is 0 Å². The second-order valence-corrected chi connectivity index (χ2v) is 7.44. The largest absolute Gasteiger partial charge is 0.370 e. The van der Waals surface area contributed by atoms with E-state index in [9.17, 15) is 8.42 Å². The third-order valence-electron chi connectivity index (χ3n) is 3.61. The molecule has 1 aromatic heterocycles. The molecule has 0 aliphatic carbocycles. The maximum absolute atomic E-state index is 11.5. The zero-order valence-corrected chi connectivity index (χ0v) is 12.9. The fraction of sp³-hybridized carbons (Fsp3) is 0.692. The number of hydrogen-bond acceptors (Lipinski definition) is 6. The van der Waals surface area contributed by atoms with E-state index in [1.165, 1.54) is 6.33 Å². The predicted molar refractivity (Wildman–Crippen MR) is 80.9 cm³/mol. The molecule has 1 aliphatic rings. The second-order valence-electron chi connectivity index (χ2n) is 5.21. The van der Waals surface area contributed by atoms with Gasteiger partial charge in [0.2, 0.25) is 0 Å². The molecule has 1 saturated heterocycles. The highest BCUT2D eigenvalue weighted by molar-refractivity contribution is 7.91. The van der Waals surface area contributed by atoms with Gasteiger partial charge in [0.25, 0.3) is 0 Å². The lowest BCUT2D eigenvalue weighted by Gasteiger charge is -2.24. The van der Waals surface area contributed by atoms with Crippen LogP contribution < -0.4 is 10.2 Å². The highest BCUT2D eigenvalue weighted by Crippen LogP contribution is 2.22. The average Bonchev–Trinajstić information content (AvgIpc) is 2.79. The minimum atomic E-state index is -2.88. The number of sulfone groups is 1. The van der Waals surface area contributed by atoms with E-state index < -0.39 is 9.84 Å². The van der Waals surface area contributed by atoms with Gasteiger partial charge in [-0.15, -0.1) is 0 Å². The van der Waals surface area contributed by atoms with Crippen molar-refractivity contribution >= 4 is 21.5 Å². The molecular weight excluding hydrogens is 276 g/mol. The van der Waals surface area contributed by atoms with Crippen molar-refractivity contribution in [3.63, 3.8) is 0 Å². The molecule has 2 heterocycles. The fourth-order valence-corrected chi connectivity index (χ4v) is 4.07. The predicted octanol–water partition coefficient (Wildman–Crippen LogP) is 1.31. The van der Waals surface area contributed by atoms with Crippen LogP contribution in [0.3, 0.4) is 0 Å². The van der Waals surface area contributed by atoms with E-state index >= 15 is 0 Å². The fourth-order valence-electron chi connectivity index (χ4n) is 2.30. The van der Waals surface area contributed by atoms with Crippen molar-refractivity contribution in [1.82, 2.24) is 9.97 Å². The summed E-state index contributed by atoms with van der Waals surface area (Å²) >= 11 is 0. The third-order valence-corrected chi connectivity index (χ3v) is 5.36. The van der Waals surface area contributed by atoms with Crippen LogP contribution in [0.4, 0.5) is 11.6 Å². The lowest BCUT2D eigenvalue weighted by atomic mass is 10.2. The summed E-state index contributed by atoms with van der Waals surface area (Å²) in [6, 6.07) is 1.89. The van der Waals surface area contributed by atoms with Crippen molar-refractivity contribution < 1.29 is 8.42 Å². The molecule has 1 aliphatic heterocycles. The van der Waals surface area contributed by atoms with E-state index in [1.807, 2.05) is 18.0 Å². The first-order chi connectivity index (χ1) is 9.52. The van der Waals surface area contributed by atoms with Gasteiger partial charge >= 0.3 is 0 Å². The number of nitrogens with zero attached hydrogens (tertiary/aromatic N) is 3. The number of unbranched alkanes of at least 4 members (excludes halogenated alkanes) is 1. The zero-order chi connectivity index (χ0) is 14.6. The standard InChI is InChI=1S/C13H22N4O2S/c1-3-4-6-14-12-8-13(16-10-15-12)17(2)11-5-7-20(18,19)9-11/h8,10-11H,3-7,9H2,1-2H3,(H,14,15,16). The minimum Gasteiger partial charge on any atom is -0.370 e. The molecule has 0 saturated carbocycles. The van der Waals surface area contributed by atoms with Gasteiger partial charge in [0.05, 0.1) is 11.5 Å². The first-order valence-electron chi connectivity index (χ1n) is 7.01. The monoisotopic (exact) mass is 298 g/mol. The number of nitrogens with one attached hydrogen (secondary N) is 1. The molecule has 0 radical (unpaired) electrons. The zero-order valence-electron chi connectivity index (χ0n) is 12.0. The number of aromatic nitrogens is 2. The van der Waals surface area contributed by atoms with E-state index in [4.69, 9.17) is 0 Å². The molecule has 112 valence electrons. The Bertz CT molecular complexity index is 547. The minimum absolute atomic E-state index is 0.0124. The van der Waals surface area contributed by atoms with Gasteiger partial charge in [0.15, 0.2) is 9.84 Å². The highest BCUT2D eigenvalue weighted by atomic mass is 32.2. The van der Waals surface area contributed by atoms with Crippen molar-refractivity contribution in [2.24, 2.45) is 0 Å². The van der Waals surface area contributed by atoms with Crippen LogP contribution in [0, 0.1) is 0 Å². The third kappa shape index (κ3) is 3.82. The Balaban J connectivity index is 2.03. The second kappa shape index (κ2) is 6.39. The molecule has 1 unspecified atom stereocenters. The smallest absolute Gasteiger partial charge is 0.152 e. The van der Waals surface area contributed by atoms with Gasteiger partial charge in [0.1, 0.15) is 18.0 Å². The molecule has 7 heteroatoms. The molecule has 1 aromatic rings. The lowest BCUT2D eigenvalue weighted by Crippen LogP contribution is -2.33. The first-order valence-corrected chi connectivity index (χ1v) is 8.83. The number of hydrogen-bond donors (Lipinski definition) is 1. The topological polar surface area (TPSA) is 75.2 Å². The van der Waals surface area contributed by atoms with Crippen molar-refractivity contribution in [3.05, 3.63) is 12.4 Å². The first kappa shape index (κ1) is 15.0. The van der Waals surface area contributed by atoms with Crippen LogP contribution >= 0.6 is 0 Å². The molecule has 0 bridgehead atoms. The molecule has 6 nitrogen and oxygen atoms in total. The van der Waals surface area contributed by atoms with E-state index in [2.05, 4.69) is 22.2 Å². The maximum Gasteiger partial charge on any atom is 0.152 e. The van der Waals surface area contributed by atoms with Crippen LogP contribution in [0.1, 0.15) is 26.2 Å². The summed E-state index contributed by atoms with van der Waals surface area (Å²) in [6.45, 7) is 3.02. The van der Waals surface area contributed by atoms with Crippen LogP contribution in [0.5, 0.6) is 0 Å². The van der Waals surface area contributed by atoms with Crippen LogP contribution in [0.15, 0.2) is 12.4 Å². The van der Waals surface area contributed by atoms with Crippen molar-refractivity contribution in [3.8, 4) is 0 Å². The van der Waals surface area contributed by atoms with Crippen molar-refractivity contribution in [2.45, 2.75) is 32.2 Å². The van der Waals surface area contributed by atoms with Crippen LogP contribution in [0.2, 0.25) is 0 Å². The normalized spacial score (nSPS) is 20.8. The van der Waals surface area contributed by atoms with Crippen LogP contribution in [-0.2, 0) is 9.84 Å². The van der Waals surface area contributed by atoms with Gasteiger partial charge in [-0.2, -0.15) is 0 Å².